The Hall–Kier alpha value is -0.790. The number of likely N-dealkylation sites (N-methyl/N-ethyl adjacent to an activating group) is 1. The third kappa shape index (κ3) is 8.95. The quantitative estimate of drug-likeness (QED) is 0.661. The van der Waals surface area contributed by atoms with Crippen LogP contribution in [0.4, 0.5) is 0 Å². The summed E-state index contributed by atoms with van der Waals surface area (Å²) in [6.07, 6.45) is 2.33. The summed E-state index contributed by atoms with van der Waals surface area (Å²) in [5.74, 6) is 0.493. The standard InChI is InChI=1S/C13H23N3O3.2ClH/c1-16(6-7-18-2)5-3-4-15-13(17)11-8-12(9-14)19-10-11;;/h8,10H,3-7,9,14H2,1-2H3,(H,15,17);2*1H. The number of carbonyl (C=O) groups excluding carboxylic acids is 1. The summed E-state index contributed by atoms with van der Waals surface area (Å²) >= 11 is 0. The molecule has 0 radical (unpaired) electrons. The van der Waals surface area contributed by atoms with Crippen LogP contribution in [0.1, 0.15) is 22.5 Å². The lowest BCUT2D eigenvalue weighted by atomic mass is 10.3. The highest BCUT2D eigenvalue weighted by Gasteiger charge is 2.08. The van der Waals surface area contributed by atoms with E-state index >= 15 is 0 Å². The first-order valence-electron chi connectivity index (χ1n) is 6.40. The van der Waals surface area contributed by atoms with Crippen LogP contribution >= 0.6 is 24.8 Å². The maximum Gasteiger partial charge on any atom is 0.254 e. The fourth-order valence-corrected chi connectivity index (χ4v) is 1.62. The maximum atomic E-state index is 11.7. The highest BCUT2D eigenvalue weighted by molar-refractivity contribution is 5.93. The molecule has 1 rings (SSSR count). The number of hydrogen-bond donors (Lipinski definition) is 2. The summed E-state index contributed by atoms with van der Waals surface area (Å²) in [6.45, 7) is 3.48. The predicted octanol–water partition coefficient (Wildman–Crippen LogP) is 1.28. The SMILES string of the molecule is COCCN(C)CCCNC(=O)c1coc(CN)c1.Cl.Cl. The minimum Gasteiger partial charge on any atom is -0.467 e. The molecule has 1 aromatic rings. The Morgan fingerprint density at radius 2 is 2.14 bits per heavy atom. The summed E-state index contributed by atoms with van der Waals surface area (Å²) in [5, 5.41) is 2.85. The molecule has 0 unspecified atom stereocenters. The molecule has 124 valence electrons. The van der Waals surface area contributed by atoms with E-state index in [1.165, 1.54) is 6.26 Å². The monoisotopic (exact) mass is 341 g/mol. The van der Waals surface area contributed by atoms with Gasteiger partial charge in [0.25, 0.3) is 5.91 Å². The molecule has 0 bridgehead atoms. The number of rotatable bonds is 9. The Morgan fingerprint density at radius 3 is 2.71 bits per heavy atom. The normalized spacial score (nSPS) is 9.90. The summed E-state index contributed by atoms with van der Waals surface area (Å²) in [5.41, 5.74) is 5.94. The van der Waals surface area contributed by atoms with Crippen molar-refractivity contribution in [3.05, 3.63) is 23.7 Å². The number of halogens is 2. The third-order valence-electron chi connectivity index (χ3n) is 2.80. The molecular weight excluding hydrogens is 317 g/mol. The lowest BCUT2D eigenvalue weighted by Crippen LogP contribution is -2.29. The zero-order valence-electron chi connectivity index (χ0n) is 12.5. The molecule has 0 aliphatic rings. The van der Waals surface area contributed by atoms with Gasteiger partial charge in [0.15, 0.2) is 0 Å². The van der Waals surface area contributed by atoms with Crippen LogP contribution in [-0.4, -0.2) is 51.2 Å². The molecular formula is C13H25Cl2N3O3. The van der Waals surface area contributed by atoms with Crippen LogP contribution in [0.3, 0.4) is 0 Å². The Labute approximate surface area is 138 Å². The van der Waals surface area contributed by atoms with Crippen LogP contribution in [0.5, 0.6) is 0 Å². The molecule has 3 N–H and O–H groups in total. The van der Waals surface area contributed by atoms with Crippen molar-refractivity contribution in [1.29, 1.82) is 0 Å². The summed E-state index contributed by atoms with van der Waals surface area (Å²) in [7, 11) is 3.72. The van der Waals surface area contributed by atoms with Gasteiger partial charge >= 0.3 is 0 Å². The van der Waals surface area contributed by atoms with Crippen LogP contribution in [-0.2, 0) is 11.3 Å². The Bertz CT molecular complexity index is 388. The summed E-state index contributed by atoms with van der Waals surface area (Å²) in [4.78, 5) is 13.9. The molecule has 1 amide bonds. The average molecular weight is 342 g/mol. The van der Waals surface area contributed by atoms with E-state index in [9.17, 15) is 4.79 Å². The number of nitrogens with two attached hydrogens (primary N) is 1. The van der Waals surface area contributed by atoms with Crippen LogP contribution in [0, 0.1) is 0 Å². The van der Waals surface area contributed by atoms with Gasteiger partial charge in [0, 0.05) is 20.2 Å². The van der Waals surface area contributed by atoms with Crippen LogP contribution in [0.25, 0.3) is 0 Å². The van der Waals surface area contributed by atoms with Crippen LogP contribution in [0.2, 0.25) is 0 Å². The second-order valence-corrected chi connectivity index (χ2v) is 4.41. The second kappa shape index (κ2) is 12.9. The maximum absolute atomic E-state index is 11.7. The van der Waals surface area contributed by atoms with Gasteiger partial charge in [-0.15, -0.1) is 24.8 Å². The topological polar surface area (TPSA) is 80.7 Å². The lowest BCUT2D eigenvalue weighted by Gasteiger charge is -2.15. The van der Waals surface area contributed by atoms with Gasteiger partial charge in [-0.3, -0.25) is 4.79 Å². The minimum absolute atomic E-state index is 0. The number of nitrogens with one attached hydrogen (secondary N) is 1. The van der Waals surface area contributed by atoms with Crippen LogP contribution < -0.4 is 11.1 Å². The van der Waals surface area contributed by atoms with Crippen molar-refractivity contribution in [2.75, 3.05) is 40.4 Å². The van der Waals surface area contributed by atoms with Crippen molar-refractivity contribution < 1.29 is 13.9 Å². The first-order chi connectivity index (χ1) is 9.17. The number of methoxy groups -OCH3 is 1. The van der Waals surface area contributed by atoms with E-state index in [0.717, 1.165) is 26.1 Å². The number of hydrogen-bond acceptors (Lipinski definition) is 5. The molecule has 0 spiro atoms. The van der Waals surface area contributed by atoms with Crippen molar-refractivity contribution in [2.24, 2.45) is 5.73 Å². The molecule has 0 aliphatic carbocycles. The lowest BCUT2D eigenvalue weighted by molar-refractivity contribution is 0.0950. The fraction of sp³-hybridized carbons (Fsp3) is 0.615. The number of amides is 1. The fourth-order valence-electron chi connectivity index (χ4n) is 1.62. The van der Waals surface area contributed by atoms with E-state index in [-0.39, 0.29) is 30.7 Å². The van der Waals surface area contributed by atoms with Gasteiger partial charge in [0.05, 0.1) is 18.7 Å². The molecule has 0 fully saturated rings. The van der Waals surface area contributed by atoms with Gasteiger partial charge in [-0.2, -0.15) is 0 Å². The number of furan rings is 1. The highest BCUT2D eigenvalue weighted by atomic mass is 35.5. The van der Waals surface area contributed by atoms with Crippen molar-refractivity contribution in [3.8, 4) is 0 Å². The molecule has 0 atom stereocenters. The van der Waals surface area contributed by atoms with E-state index < -0.39 is 0 Å². The Morgan fingerprint density at radius 1 is 1.43 bits per heavy atom. The average Bonchev–Trinajstić information content (AvgIpc) is 2.90. The number of nitrogens with zero attached hydrogens (tertiary/aromatic N) is 1. The molecule has 0 saturated heterocycles. The molecule has 8 heteroatoms. The zero-order chi connectivity index (χ0) is 14.1. The van der Waals surface area contributed by atoms with Crippen molar-refractivity contribution in [2.45, 2.75) is 13.0 Å². The predicted molar refractivity (Wildman–Crippen MR) is 87.4 cm³/mol. The van der Waals surface area contributed by atoms with E-state index in [4.69, 9.17) is 14.9 Å². The molecule has 0 aliphatic heterocycles. The van der Waals surface area contributed by atoms with Crippen molar-refractivity contribution in [3.63, 3.8) is 0 Å². The van der Waals surface area contributed by atoms with E-state index in [1.807, 2.05) is 7.05 Å². The number of ether oxygens (including phenoxy) is 1. The van der Waals surface area contributed by atoms with Gasteiger partial charge in [-0.1, -0.05) is 0 Å². The molecule has 6 nitrogen and oxygen atoms in total. The minimum atomic E-state index is -0.122. The van der Waals surface area contributed by atoms with Gasteiger partial charge in [-0.05, 0) is 26.1 Å². The second-order valence-electron chi connectivity index (χ2n) is 4.41. The highest BCUT2D eigenvalue weighted by Crippen LogP contribution is 2.06. The van der Waals surface area contributed by atoms with E-state index in [0.29, 0.717) is 24.4 Å². The Kier molecular flexibility index (Phi) is 13.8. The number of carbonyl (C=O) groups is 1. The van der Waals surface area contributed by atoms with Crippen LogP contribution in [0.15, 0.2) is 16.7 Å². The first kappa shape index (κ1) is 22.5. The molecule has 1 heterocycles. The molecule has 0 saturated carbocycles. The van der Waals surface area contributed by atoms with Gasteiger partial charge in [0.2, 0.25) is 0 Å². The molecule has 0 aromatic carbocycles. The van der Waals surface area contributed by atoms with Crippen molar-refractivity contribution >= 4 is 30.7 Å². The summed E-state index contributed by atoms with van der Waals surface area (Å²) in [6, 6.07) is 1.67. The van der Waals surface area contributed by atoms with Crippen molar-refractivity contribution in [1.82, 2.24) is 10.2 Å². The molecule has 21 heavy (non-hydrogen) atoms. The largest absolute Gasteiger partial charge is 0.467 e. The Balaban J connectivity index is 0. The smallest absolute Gasteiger partial charge is 0.254 e. The van der Waals surface area contributed by atoms with Gasteiger partial charge < -0.3 is 25.1 Å². The first-order valence-corrected chi connectivity index (χ1v) is 6.40. The third-order valence-corrected chi connectivity index (χ3v) is 2.80. The van der Waals surface area contributed by atoms with Gasteiger partial charge in [0.1, 0.15) is 12.0 Å². The van der Waals surface area contributed by atoms with Gasteiger partial charge in [-0.25, -0.2) is 0 Å². The summed E-state index contributed by atoms with van der Waals surface area (Å²) < 4.78 is 10.1. The zero-order valence-corrected chi connectivity index (χ0v) is 14.1. The molecule has 1 aromatic heterocycles. The van der Waals surface area contributed by atoms with E-state index in [2.05, 4.69) is 10.2 Å². The van der Waals surface area contributed by atoms with E-state index in [1.54, 1.807) is 13.2 Å².